The average molecular weight is 308 g/mol. The van der Waals surface area contributed by atoms with Crippen LogP contribution in [0.25, 0.3) is 10.9 Å². The van der Waals surface area contributed by atoms with Crippen molar-refractivity contribution in [2.24, 2.45) is 0 Å². The fourth-order valence-corrected chi connectivity index (χ4v) is 3.19. The van der Waals surface area contributed by atoms with Gasteiger partial charge >= 0.3 is 6.09 Å². The number of likely N-dealkylation sites (tertiary alicyclic amines) is 1. The van der Waals surface area contributed by atoms with Crippen molar-refractivity contribution >= 4 is 17.0 Å². The van der Waals surface area contributed by atoms with Crippen molar-refractivity contribution < 1.29 is 18.7 Å². The van der Waals surface area contributed by atoms with Crippen LogP contribution in [0.3, 0.4) is 0 Å². The molecule has 1 aliphatic rings. The third kappa shape index (κ3) is 2.91. The fourth-order valence-electron chi connectivity index (χ4n) is 3.19. The number of hydrogen-bond donors (Lipinski definition) is 2. The number of nitrogens with zero attached hydrogens (tertiary/aromatic N) is 1. The number of fused-ring (bicyclic) bond motifs is 1. The average Bonchev–Trinajstić information content (AvgIpc) is 2.89. The third-order valence-corrected chi connectivity index (χ3v) is 4.40. The highest BCUT2D eigenvalue weighted by molar-refractivity contribution is 5.84. The maximum absolute atomic E-state index is 12.6. The lowest BCUT2D eigenvalue weighted by Gasteiger charge is -2.30. The van der Waals surface area contributed by atoms with Gasteiger partial charge in [-0.25, -0.2) is 13.6 Å². The number of nitrogens with one attached hydrogen (secondary N) is 1. The molecule has 0 saturated carbocycles. The molecule has 1 aromatic heterocycles. The summed E-state index contributed by atoms with van der Waals surface area (Å²) < 4.78 is 25.2. The Bertz CT molecular complexity index is 676. The second-order valence-corrected chi connectivity index (χ2v) is 5.76. The Morgan fingerprint density at radius 2 is 2.09 bits per heavy atom. The molecule has 0 bridgehead atoms. The first-order chi connectivity index (χ1) is 10.5. The minimum atomic E-state index is -2.36. The predicted molar refractivity (Wildman–Crippen MR) is 79.6 cm³/mol. The summed E-state index contributed by atoms with van der Waals surface area (Å²) in [4.78, 5) is 15.4. The molecule has 3 rings (SSSR count). The maximum Gasteiger partial charge on any atom is 0.407 e. The summed E-state index contributed by atoms with van der Waals surface area (Å²) in [5.41, 5.74) is 2.60. The zero-order valence-corrected chi connectivity index (χ0v) is 12.1. The normalized spacial score (nSPS) is 16.6. The summed E-state index contributed by atoms with van der Waals surface area (Å²) in [7, 11) is 0. The van der Waals surface area contributed by atoms with Crippen molar-refractivity contribution in [1.29, 1.82) is 0 Å². The highest BCUT2D eigenvalue weighted by atomic mass is 19.3. The number of aromatic nitrogens is 1. The first kappa shape index (κ1) is 14.8. The number of carboxylic acid groups (broad SMARTS) is 1. The summed E-state index contributed by atoms with van der Waals surface area (Å²) in [6.07, 6.45) is -0.298. The lowest BCUT2D eigenvalue weighted by molar-refractivity contribution is 0.132. The summed E-state index contributed by atoms with van der Waals surface area (Å²) in [5, 5.41) is 9.83. The van der Waals surface area contributed by atoms with Crippen molar-refractivity contribution in [3.8, 4) is 0 Å². The van der Waals surface area contributed by atoms with Crippen LogP contribution >= 0.6 is 0 Å². The number of H-pyrrole nitrogens is 1. The molecule has 1 fully saturated rings. The number of rotatable bonds is 3. The largest absolute Gasteiger partial charge is 0.465 e. The van der Waals surface area contributed by atoms with Gasteiger partial charge in [0, 0.05) is 36.6 Å². The standard InChI is InChI=1S/C16H18F2N2O2/c17-15(18)8-12-9-19-14-2-1-11(7-13(12)14)10-3-5-20(6-4-10)16(21)22/h1-2,7,9-10,15,19H,3-6,8H2,(H,21,22). The zero-order chi connectivity index (χ0) is 15.7. The minimum Gasteiger partial charge on any atom is -0.465 e. The Hall–Kier alpha value is -2.11. The van der Waals surface area contributed by atoms with Crippen LogP contribution in [0, 0.1) is 0 Å². The monoisotopic (exact) mass is 308 g/mol. The lowest BCUT2D eigenvalue weighted by atomic mass is 9.88. The van der Waals surface area contributed by atoms with Crippen LogP contribution < -0.4 is 0 Å². The number of hydrogen-bond acceptors (Lipinski definition) is 1. The van der Waals surface area contributed by atoms with Gasteiger partial charge in [0.2, 0.25) is 6.43 Å². The molecule has 0 radical (unpaired) electrons. The Morgan fingerprint density at radius 1 is 1.36 bits per heavy atom. The van der Waals surface area contributed by atoms with Gasteiger partial charge in [-0.2, -0.15) is 0 Å². The molecular formula is C16H18F2N2O2. The molecule has 22 heavy (non-hydrogen) atoms. The van der Waals surface area contributed by atoms with Gasteiger partial charge in [0.1, 0.15) is 0 Å². The summed E-state index contributed by atoms with van der Waals surface area (Å²) in [6.45, 7) is 1.05. The van der Waals surface area contributed by atoms with Gasteiger partial charge in [0.05, 0.1) is 0 Å². The number of piperidine rings is 1. The van der Waals surface area contributed by atoms with Crippen LogP contribution in [0.1, 0.15) is 29.9 Å². The molecule has 2 aromatic rings. The Balaban J connectivity index is 1.81. The zero-order valence-electron chi connectivity index (χ0n) is 12.1. The quantitative estimate of drug-likeness (QED) is 0.905. The molecule has 0 spiro atoms. The van der Waals surface area contributed by atoms with E-state index < -0.39 is 12.5 Å². The molecule has 1 amide bonds. The number of carbonyl (C=O) groups is 1. The Labute approximate surface area is 126 Å². The highest BCUT2D eigenvalue weighted by Gasteiger charge is 2.23. The van der Waals surface area contributed by atoms with Gasteiger partial charge in [-0.05, 0) is 42.0 Å². The molecule has 1 saturated heterocycles. The highest BCUT2D eigenvalue weighted by Crippen LogP contribution is 2.31. The van der Waals surface area contributed by atoms with E-state index in [1.807, 2.05) is 18.2 Å². The van der Waals surface area contributed by atoms with Gasteiger partial charge < -0.3 is 15.0 Å². The van der Waals surface area contributed by atoms with E-state index in [1.165, 1.54) is 4.90 Å². The molecule has 2 heterocycles. The van der Waals surface area contributed by atoms with E-state index in [-0.39, 0.29) is 12.3 Å². The van der Waals surface area contributed by atoms with Crippen LogP contribution in [0.15, 0.2) is 24.4 Å². The molecule has 1 aliphatic heterocycles. The minimum absolute atomic E-state index is 0.249. The van der Waals surface area contributed by atoms with Crippen molar-refractivity contribution in [2.75, 3.05) is 13.1 Å². The van der Waals surface area contributed by atoms with Crippen LogP contribution in [0.4, 0.5) is 13.6 Å². The van der Waals surface area contributed by atoms with E-state index >= 15 is 0 Å². The second-order valence-electron chi connectivity index (χ2n) is 5.76. The van der Waals surface area contributed by atoms with E-state index in [4.69, 9.17) is 5.11 Å². The molecule has 6 heteroatoms. The number of amides is 1. The molecular weight excluding hydrogens is 290 g/mol. The Kier molecular flexibility index (Phi) is 4.00. The van der Waals surface area contributed by atoms with Crippen LogP contribution in [-0.4, -0.2) is 40.6 Å². The Morgan fingerprint density at radius 3 is 2.73 bits per heavy atom. The number of halogens is 2. The van der Waals surface area contributed by atoms with E-state index in [1.54, 1.807) is 6.20 Å². The van der Waals surface area contributed by atoms with Gasteiger partial charge in [0.15, 0.2) is 0 Å². The van der Waals surface area contributed by atoms with Crippen molar-refractivity contribution in [3.05, 3.63) is 35.5 Å². The van der Waals surface area contributed by atoms with Crippen molar-refractivity contribution in [1.82, 2.24) is 9.88 Å². The third-order valence-electron chi connectivity index (χ3n) is 4.40. The van der Waals surface area contributed by atoms with E-state index in [0.717, 1.165) is 29.3 Å². The smallest absolute Gasteiger partial charge is 0.407 e. The topological polar surface area (TPSA) is 56.3 Å². The second kappa shape index (κ2) is 5.94. The molecule has 0 atom stereocenters. The van der Waals surface area contributed by atoms with Gasteiger partial charge in [-0.1, -0.05) is 6.07 Å². The van der Waals surface area contributed by atoms with Gasteiger partial charge in [0.25, 0.3) is 0 Å². The maximum atomic E-state index is 12.6. The first-order valence-electron chi connectivity index (χ1n) is 7.40. The van der Waals surface area contributed by atoms with Gasteiger partial charge in [-0.15, -0.1) is 0 Å². The van der Waals surface area contributed by atoms with Crippen molar-refractivity contribution in [3.63, 3.8) is 0 Å². The number of alkyl halides is 2. The summed E-state index contributed by atoms with van der Waals surface area (Å²) in [6, 6.07) is 5.90. The SMILES string of the molecule is O=C(O)N1CCC(c2ccc3[nH]cc(CC(F)F)c3c2)CC1. The van der Waals surface area contributed by atoms with Crippen molar-refractivity contribution in [2.45, 2.75) is 31.6 Å². The van der Waals surface area contributed by atoms with Crippen LogP contribution in [0.2, 0.25) is 0 Å². The van der Waals surface area contributed by atoms with E-state index in [9.17, 15) is 13.6 Å². The van der Waals surface area contributed by atoms with E-state index in [2.05, 4.69) is 4.98 Å². The van der Waals surface area contributed by atoms with Gasteiger partial charge in [-0.3, -0.25) is 0 Å². The molecule has 0 aliphatic carbocycles. The molecule has 118 valence electrons. The van der Waals surface area contributed by atoms with Crippen LogP contribution in [0.5, 0.6) is 0 Å². The molecule has 0 unspecified atom stereocenters. The molecule has 4 nitrogen and oxygen atoms in total. The fraction of sp³-hybridized carbons (Fsp3) is 0.438. The predicted octanol–water partition coefficient (Wildman–Crippen LogP) is 3.83. The lowest BCUT2D eigenvalue weighted by Crippen LogP contribution is -2.36. The number of aromatic amines is 1. The molecule has 2 N–H and O–H groups in total. The van der Waals surface area contributed by atoms with E-state index in [0.29, 0.717) is 18.7 Å². The number of benzene rings is 1. The summed E-state index contributed by atoms with van der Waals surface area (Å²) >= 11 is 0. The molecule has 1 aromatic carbocycles. The first-order valence-corrected chi connectivity index (χ1v) is 7.40. The summed E-state index contributed by atoms with van der Waals surface area (Å²) in [5.74, 6) is 0.286. The van der Waals surface area contributed by atoms with Crippen LogP contribution in [-0.2, 0) is 6.42 Å².